The highest BCUT2D eigenvalue weighted by Gasteiger charge is 2.42. The van der Waals surface area contributed by atoms with Gasteiger partial charge in [0, 0.05) is 6.04 Å². The van der Waals surface area contributed by atoms with Gasteiger partial charge in [0.15, 0.2) is 0 Å². The first-order chi connectivity index (χ1) is 7.25. The van der Waals surface area contributed by atoms with Crippen molar-refractivity contribution in [3.05, 3.63) is 5.01 Å². The molecule has 1 aromatic rings. The third-order valence-corrected chi connectivity index (χ3v) is 4.09. The Hall–Kier alpha value is -0.680. The van der Waals surface area contributed by atoms with Crippen molar-refractivity contribution in [2.75, 3.05) is 4.90 Å². The monoisotopic (exact) mass is 225 g/mol. The van der Waals surface area contributed by atoms with Gasteiger partial charge >= 0.3 is 0 Å². The molecule has 0 aromatic carbocycles. The van der Waals surface area contributed by atoms with Gasteiger partial charge in [-0.1, -0.05) is 11.3 Å². The molecule has 2 saturated carbocycles. The minimum absolute atomic E-state index is 0.158. The zero-order valence-corrected chi connectivity index (χ0v) is 9.57. The molecule has 1 N–H and O–H groups in total. The molecule has 0 aliphatic heterocycles. The summed E-state index contributed by atoms with van der Waals surface area (Å²) in [6.45, 7) is 1.98. The predicted octanol–water partition coefficient (Wildman–Crippen LogP) is 1.34. The summed E-state index contributed by atoms with van der Waals surface area (Å²) in [6, 6.07) is 0.905. The standard InChI is InChI=1S/C10H15N3OS/c1-6-11-12-10(15-6)13(7-2-3-7)8-4-5-9(8)14/h7-9,14H,2-5H2,1H3. The van der Waals surface area contributed by atoms with Crippen LogP contribution in [0.2, 0.25) is 0 Å². The van der Waals surface area contributed by atoms with Crippen molar-refractivity contribution in [3.8, 4) is 0 Å². The molecule has 2 aliphatic carbocycles. The summed E-state index contributed by atoms with van der Waals surface area (Å²) in [5.74, 6) is 0. The van der Waals surface area contributed by atoms with E-state index in [0.29, 0.717) is 12.1 Å². The van der Waals surface area contributed by atoms with E-state index >= 15 is 0 Å². The molecule has 2 atom stereocenters. The zero-order chi connectivity index (χ0) is 10.4. The molecular formula is C10H15N3OS. The van der Waals surface area contributed by atoms with E-state index in [2.05, 4.69) is 15.1 Å². The van der Waals surface area contributed by atoms with E-state index in [1.165, 1.54) is 12.8 Å². The van der Waals surface area contributed by atoms with Gasteiger partial charge in [0.25, 0.3) is 0 Å². The predicted molar refractivity (Wildman–Crippen MR) is 59.2 cm³/mol. The van der Waals surface area contributed by atoms with Gasteiger partial charge in [-0.15, -0.1) is 10.2 Å². The molecule has 1 aromatic heterocycles. The van der Waals surface area contributed by atoms with Crippen LogP contribution in [0.5, 0.6) is 0 Å². The Balaban J connectivity index is 1.84. The fourth-order valence-electron chi connectivity index (χ4n) is 2.10. The molecule has 5 heteroatoms. The first-order valence-corrected chi connectivity index (χ1v) is 6.34. The molecule has 4 nitrogen and oxygen atoms in total. The van der Waals surface area contributed by atoms with Gasteiger partial charge in [0.05, 0.1) is 12.1 Å². The second-order valence-electron chi connectivity index (χ2n) is 4.45. The van der Waals surface area contributed by atoms with Gasteiger partial charge < -0.3 is 10.0 Å². The molecule has 2 unspecified atom stereocenters. The van der Waals surface area contributed by atoms with E-state index in [1.54, 1.807) is 11.3 Å². The van der Waals surface area contributed by atoms with E-state index in [4.69, 9.17) is 0 Å². The maximum absolute atomic E-state index is 9.74. The maximum Gasteiger partial charge on any atom is 0.208 e. The summed E-state index contributed by atoms with van der Waals surface area (Å²) >= 11 is 1.64. The normalized spacial score (nSPS) is 30.0. The number of rotatable bonds is 3. The summed E-state index contributed by atoms with van der Waals surface area (Å²) in [5.41, 5.74) is 0. The van der Waals surface area contributed by atoms with Crippen LogP contribution in [0, 0.1) is 6.92 Å². The van der Waals surface area contributed by atoms with Crippen molar-refractivity contribution in [1.29, 1.82) is 0 Å². The average Bonchev–Trinajstić information content (AvgIpc) is 2.95. The smallest absolute Gasteiger partial charge is 0.208 e. The quantitative estimate of drug-likeness (QED) is 0.843. The number of aliphatic hydroxyl groups excluding tert-OH is 1. The number of nitrogens with zero attached hydrogens (tertiary/aromatic N) is 3. The summed E-state index contributed by atoms with van der Waals surface area (Å²) < 4.78 is 0. The van der Waals surface area contributed by atoms with Gasteiger partial charge in [-0.05, 0) is 32.6 Å². The molecule has 2 aliphatic rings. The fourth-order valence-corrected chi connectivity index (χ4v) is 2.92. The number of aryl methyl sites for hydroxylation is 1. The molecule has 0 saturated heterocycles. The highest BCUT2D eigenvalue weighted by atomic mass is 32.1. The Morgan fingerprint density at radius 1 is 1.27 bits per heavy atom. The maximum atomic E-state index is 9.74. The molecule has 1 heterocycles. The molecule has 82 valence electrons. The van der Waals surface area contributed by atoms with E-state index in [-0.39, 0.29) is 6.10 Å². The molecule has 0 bridgehead atoms. The van der Waals surface area contributed by atoms with Gasteiger partial charge in [0.2, 0.25) is 5.13 Å². The lowest BCUT2D eigenvalue weighted by Gasteiger charge is -2.41. The van der Waals surface area contributed by atoms with Crippen LogP contribution in [0.3, 0.4) is 0 Å². The molecule has 0 radical (unpaired) electrons. The van der Waals surface area contributed by atoms with Crippen LogP contribution in [0.1, 0.15) is 30.7 Å². The minimum Gasteiger partial charge on any atom is -0.391 e. The third-order valence-electron chi connectivity index (χ3n) is 3.24. The van der Waals surface area contributed by atoms with Crippen LogP contribution < -0.4 is 4.90 Å². The number of hydrogen-bond acceptors (Lipinski definition) is 5. The van der Waals surface area contributed by atoms with Crippen LogP contribution in [0.15, 0.2) is 0 Å². The van der Waals surface area contributed by atoms with Gasteiger partial charge in [-0.2, -0.15) is 0 Å². The molecule has 0 amide bonds. The van der Waals surface area contributed by atoms with Gasteiger partial charge in [-0.25, -0.2) is 0 Å². The SMILES string of the molecule is Cc1nnc(N(C2CC2)C2CCC2O)s1. The summed E-state index contributed by atoms with van der Waals surface area (Å²) in [5, 5.41) is 20.0. The van der Waals surface area contributed by atoms with Crippen molar-refractivity contribution in [2.45, 2.75) is 50.8 Å². The van der Waals surface area contributed by atoms with E-state index < -0.39 is 0 Å². The Morgan fingerprint density at radius 3 is 2.47 bits per heavy atom. The Morgan fingerprint density at radius 2 is 2.07 bits per heavy atom. The Bertz CT molecular complexity index is 363. The summed E-state index contributed by atoms with van der Waals surface area (Å²) in [6.07, 6.45) is 4.35. The van der Waals surface area contributed by atoms with Gasteiger partial charge in [-0.3, -0.25) is 0 Å². The summed E-state index contributed by atoms with van der Waals surface area (Å²) in [4.78, 5) is 2.30. The first kappa shape index (κ1) is 9.54. The number of anilines is 1. The lowest BCUT2D eigenvalue weighted by atomic mass is 9.88. The molecule has 15 heavy (non-hydrogen) atoms. The van der Waals surface area contributed by atoms with Crippen molar-refractivity contribution in [2.24, 2.45) is 0 Å². The summed E-state index contributed by atoms with van der Waals surface area (Å²) in [7, 11) is 0. The van der Waals surface area contributed by atoms with Crippen LogP contribution >= 0.6 is 11.3 Å². The van der Waals surface area contributed by atoms with Crippen molar-refractivity contribution in [1.82, 2.24) is 10.2 Å². The fraction of sp³-hybridized carbons (Fsp3) is 0.800. The Kier molecular flexibility index (Phi) is 2.17. The largest absolute Gasteiger partial charge is 0.391 e. The highest BCUT2D eigenvalue weighted by molar-refractivity contribution is 7.15. The highest BCUT2D eigenvalue weighted by Crippen LogP contribution is 2.40. The second-order valence-corrected chi connectivity index (χ2v) is 5.61. The van der Waals surface area contributed by atoms with E-state index in [0.717, 1.165) is 23.0 Å². The van der Waals surface area contributed by atoms with Gasteiger partial charge in [0.1, 0.15) is 5.01 Å². The van der Waals surface area contributed by atoms with Crippen LogP contribution in [-0.4, -0.2) is 33.5 Å². The van der Waals surface area contributed by atoms with Crippen LogP contribution in [0.4, 0.5) is 5.13 Å². The topological polar surface area (TPSA) is 49.2 Å². The molecule has 2 fully saturated rings. The Labute approximate surface area is 92.9 Å². The van der Waals surface area contributed by atoms with E-state index in [9.17, 15) is 5.11 Å². The molecule has 3 rings (SSSR count). The zero-order valence-electron chi connectivity index (χ0n) is 8.76. The molecular weight excluding hydrogens is 210 g/mol. The lowest BCUT2D eigenvalue weighted by Crippen LogP contribution is -2.51. The lowest BCUT2D eigenvalue weighted by molar-refractivity contribution is 0.0636. The van der Waals surface area contributed by atoms with Crippen LogP contribution in [-0.2, 0) is 0 Å². The third kappa shape index (κ3) is 1.63. The number of aromatic nitrogens is 2. The minimum atomic E-state index is -0.158. The average molecular weight is 225 g/mol. The second kappa shape index (κ2) is 3.42. The van der Waals surface area contributed by atoms with Crippen LogP contribution in [0.25, 0.3) is 0 Å². The van der Waals surface area contributed by atoms with Crippen molar-refractivity contribution in [3.63, 3.8) is 0 Å². The van der Waals surface area contributed by atoms with Crippen molar-refractivity contribution < 1.29 is 5.11 Å². The number of hydrogen-bond donors (Lipinski definition) is 1. The molecule has 0 spiro atoms. The first-order valence-electron chi connectivity index (χ1n) is 5.52. The van der Waals surface area contributed by atoms with E-state index in [1.807, 2.05) is 6.92 Å². The van der Waals surface area contributed by atoms with Crippen molar-refractivity contribution >= 4 is 16.5 Å². The number of aliphatic hydroxyl groups is 1.